The third-order valence-corrected chi connectivity index (χ3v) is 4.67. The highest BCUT2D eigenvalue weighted by atomic mass is 32.1. The Morgan fingerprint density at radius 2 is 2.17 bits per heavy atom. The van der Waals surface area contributed by atoms with Crippen LogP contribution < -0.4 is 9.47 Å². The fraction of sp³-hybridized carbons (Fsp3) is 0.353. The number of benzene rings is 1. The largest absolute Gasteiger partial charge is 0.454 e. The number of ether oxygens (including phenoxy) is 2. The summed E-state index contributed by atoms with van der Waals surface area (Å²) in [7, 11) is 0. The van der Waals surface area contributed by atoms with Crippen molar-refractivity contribution in [1.82, 2.24) is 4.90 Å². The number of thiophene rings is 1. The maximum absolute atomic E-state index is 13.0. The van der Waals surface area contributed by atoms with Crippen LogP contribution in [0.2, 0.25) is 0 Å². The second-order valence-corrected chi connectivity index (χ2v) is 6.16. The van der Waals surface area contributed by atoms with Gasteiger partial charge in [0, 0.05) is 12.1 Å². The van der Waals surface area contributed by atoms with Crippen molar-refractivity contribution in [3.8, 4) is 11.5 Å². The van der Waals surface area contributed by atoms with E-state index in [1.807, 2.05) is 23.8 Å². The van der Waals surface area contributed by atoms with E-state index < -0.39 is 0 Å². The highest BCUT2D eigenvalue weighted by molar-refractivity contribution is 7.07. The fourth-order valence-corrected chi connectivity index (χ4v) is 3.25. The van der Waals surface area contributed by atoms with E-state index in [2.05, 4.69) is 0 Å². The van der Waals surface area contributed by atoms with Gasteiger partial charge in [0.15, 0.2) is 11.5 Å². The van der Waals surface area contributed by atoms with Crippen LogP contribution in [0.5, 0.6) is 11.5 Å². The number of aliphatic hydroxyl groups excluding tert-OH is 1. The maximum Gasteiger partial charge on any atom is 0.254 e. The number of rotatable bonds is 6. The van der Waals surface area contributed by atoms with Gasteiger partial charge in [0.05, 0.1) is 12.6 Å². The molecule has 0 aliphatic carbocycles. The van der Waals surface area contributed by atoms with Crippen LogP contribution >= 0.6 is 11.3 Å². The zero-order chi connectivity index (χ0) is 16.2. The molecule has 1 aliphatic heterocycles. The highest BCUT2D eigenvalue weighted by Gasteiger charge is 2.25. The van der Waals surface area contributed by atoms with Gasteiger partial charge in [0.25, 0.3) is 5.91 Å². The second-order valence-electron chi connectivity index (χ2n) is 5.38. The first-order chi connectivity index (χ1) is 11.2. The van der Waals surface area contributed by atoms with Crippen LogP contribution in [0.25, 0.3) is 0 Å². The van der Waals surface area contributed by atoms with Gasteiger partial charge in [-0.1, -0.05) is 6.92 Å². The zero-order valence-electron chi connectivity index (χ0n) is 12.9. The monoisotopic (exact) mass is 333 g/mol. The number of aliphatic hydroxyl groups is 1. The van der Waals surface area contributed by atoms with Crippen LogP contribution in [0, 0.1) is 0 Å². The Bertz CT molecular complexity index is 667. The lowest BCUT2D eigenvalue weighted by Gasteiger charge is -2.30. The Kier molecular flexibility index (Phi) is 4.83. The molecule has 1 aliphatic rings. The Morgan fingerprint density at radius 3 is 2.87 bits per heavy atom. The molecule has 0 saturated heterocycles. The molecule has 5 nitrogen and oxygen atoms in total. The normalized spacial score (nSPS) is 13.8. The second kappa shape index (κ2) is 7.02. The van der Waals surface area contributed by atoms with Crippen molar-refractivity contribution < 1.29 is 19.4 Å². The first-order valence-electron chi connectivity index (χ1n) is 7.55. The molecule has 0 saturated carbocycles. The molecule has 122 valence electrons. The molecule has 1 aromatic heterocycles. The molecule has 1 N–H and O–H groups in total. The van der Waals surface area contributed by atoms with E-state index in [1.54, 1.807) is 34.4 Å². The summed E-state index contributed by atoms with van der Waals surface area (Å²) >= 11 is 1.60. The predicted molar refractivity (Wildman–Crippen MR) is 87.9 cm³/mol. The summed E-state index contributed by atoms with van der Waals surface area (Å²) in [6.07, 6.45) is 0.691. The van der Waals surface area contributed by atoms with Crippen molar-refractivity contribution in [3.05, 3.63) is 46.2 Å². The van der Waals surface area contributed by atoms with Crippen LogP contribution in [0.3, 0.4) is 0 Å². The van der Waals surface area contributed by atoms with Crippen molar-refractivity contribution in [2.45, 2.75) is 25.9 Å². The molecule has 1 aromatic carbocycles. The molecule has 0 fully saturated rings. The third-order valence-electron chi connectivity index (χ3n) is 3.94. The maximum atomic E-state index is 13.0. The summed E-state index contributed by atoms with van der Waals surface area (Å²) in [6.45, 7) is 2.57. The van der Waals surface area contributed by atoms with Gasteiger partial charge in [0.1, 0.15) is 0 Å². The number of carbonyl (C=O) groups is 1. The van der Waals surface area contributed by atoms with Crippen LogP contribution in [-0.4, -0.2) is 35.4 Å². The summed E-state index contributed by atoms with van der Waals surface area (Å²) in [4.78, 5) is 14.7. The molecule has 0 unspecified atom stereocenters. The predicted octanol–water partition coefficient (Wildman–Crippen LogP) is 2.89. The average molecular weight is 333 g/mol. The molecular formula is C17H19NO4S. The third kappa shape index (κ3) is 3.33. The van der Waals surface area contributed by atoms with E-state index in [9.17, 15) is 9.90 Å². The Hall–Kier alpha value is -2.05. The van der Waals surface area contributed by atoms with Crippen LogP contribution in [-0.2, 0) is 6.54 Å². The van der Waals surface area contributed by atoms with E-state index >= 15 is 0 Å². The number of hydrogen-bond acceptors (Lipinski definition) is 5. The molecule has 0 spiro atoms. The summed E-state index contributed by atoms with van der Waals surface area (Å²) < 4.78 is 10.6. The van der Waals surface area contributed by atoms with Gasteiger partial charge >= 0.3 is 0 Å². The van der Waals surface area contributed by atoms with Crippen LogP contribution in [0.4, 0.5) is 0 Å². The number of hydrogen-bond donors (Lipinski definition) is 1. The summed E-state index contributed by atoms with van der Waals surface area (Å²) in [5.41, 5.74) is 1.60. The van der Waals surface area contributed by atoms with Crippen LogP contribution in [0.1, 0.15) is 29.3 Å². The van der Waals surface area contributed by atoms with E-state index in [0.717, 1.165) is 5.56 Å². The zero-order valence-corrected chi connectivity index (χ0v) is 13.7. The van der Waals surface area contributed by atoms with Gasteiger partial charge < -0.3 is 19.5 Å². The van der Waals surface area contributed by atoms with Crippen molar-refractivity contribution in [3.63, 3.8) is 0 Å². The Morgan fingerprint density at radius 1 is 1.35 bits per heavy atom. The molecule has 1 atom stereocenters. The van der Waals surface area contributed by atoms with Crippen molar-refractivity contribution >= 4 is 17.2 Å². The van der Waals surface area contributed by atoms with Gasteiger partial charge in [-0.25, -0.2) is 0 Å². The molecule has 6 heteroatoms. The molecular weight excluding hydrogens is 314 g/mol. The Labute approximate surface area is 139 Å². The van der Waals surface area contributed by atoms with E-state index in [4.69, 9.17) is 9.47 Å². The van der Waals surface area contributed by atoms with Gasteiger partial charge in [-0.05, 0) is 47.0 Å². The SMILES string of the molecule is CC[C@H](CO)N(Cc1ccsc1)C(=O)c1ccc2c(c1)OCO2. The van der Waals surface area contributed by atoms with Gasteiger partial charge in [-0.2, -0.15) is 11.3 Å². The minimum absolute atomic E-state index is 0.0586. The molecule has 3 rings (SSSR count). The summed E-state index contributed by atoms with van der Waals surface area (Å²) in [6, 6.07) is 6.97. The average Bonchev–Trinajstić information content (AvgIpc) is 3.24. The molecule has 1 amide bonds. The summed E-state index contributed by atoms with van der Waals surface area (Å²) in [5, 5.41) is 13.6. The lowest BCUT2D eigenvalue weighted by atomic mass is 10.1. The molecule has 2 heterocycles. The number of carbonyl (C=O) groups excluding carboxylic acids is 1. The minimum atomic E-state index is -0.215. The number of nitrogens with zero attached hydrogens (tertiary/aromatic N) is 1. The molecule has 23 heavy (non-hydrogen) atoms. The lowest BCUT2D eigenvalue weighted by molar-refractivity contribution is 0.0564. The standard InChI is InChI=1S/C17H19NO4S/c1-2-14(9-19)18(8-12-5-6-23-10-12)17(20)13-3-4-15-16(7-13)22-11-21-15/h3-7,10,14,19H,2,8-9,11H2,1H3/t14-/m1/s1. The first-order valence-corrected chi connectivity index (χ1v) is 8.49. The van der Waals surface area contributed by atoms with E-state index in [-0.39, 0.29) is 25.3 Å². The minimum Gasteiger partial charge on any atom is -0.454 e. The summed E-state index contributed by atoms with van der Waals surface area (Å²) in [5.74, 6) is 1.12. The van der Waals surface area contributed by atoms with Gasteiger partial charge in [-0.3, -0.25) is 4.79 Å². The highest BCUT2D eigenvalue weighted by Crippen LogP contribution is 2.33. The van der Waals surface area contributed by atoms with Crippen LogP contribution in [0.15, 0.2) is 35.0 Å². The number of fused-ring (bicyclic) bond motifs is 1. The lowest BCUT2D eigenvalue weighted by Crippen LogP contribution is -2.41. The first kappa shape index (κ1) is 15.8. The van der Waals surface area contributed by atoms with Crippen molar-refractivity contribution in [2.75, 3.05) is 13.4 Å². The fourth-order valence-electron chi connectivity index (χ4n) is 2.59. The van der Waals surface area contributed by atoms with Crippen molar-refractivity contribution in [1.29, 1.82) is 0 Å². The molecule has 2 aromatic rings. The molecule has 0 bridgehead atoms. The quantitative estimate of drug-likeness (QED) is 0.883. The molecule has 0 radical (unpaired) electrons. The topological polar surface area (TPSA) is 59.0 Å². The van der Waals surface area contributed by atoms with E-state index in [1.165, 1.54) is 0 Å². The van der Waals surface area contributed by atoms with Gasteiger partial charge in [0.2, 0.25) is 6.79 Å². The smallest absolute Gasteiger partial charge is 0.254 e. The van der Waals surface area contributed by atoms with E-state index in [0.29, 0.717) is 30.0 Å². The van der Waals surface area contributed by atoms with Crippen molar-refractivity contribution in [2.24, 2.45) is 0 Å². The Balaban J connectivity index is 1.87. The number of amides is 1. The van der Waals surface area contributed by atoms with Gasteiger partial charge in [-0.15, -0.1) is 0 Å².